The lowest BCUT2D eigenvalue weighted by Crippen LogP contribution is -2.40. The highest BCUT2D eigenvalue weighted by molar-refractivity contribution is 14.0. The molecule has 1 rings (SSSR count). The molecule has 2 N–H and O–H groups in total. The number of rotatable bonds is 11. The van der Waals surface area contributed by atoms with Crippen LogP contribution in [0.25, 0.3) is 0 Å². The molecule has 1 aliphatic heterocycles. The number of hydrogen-bond acceptors (Lipinski definition) is 4. The molecule has 0 aromatic carbocycles. The van der Waals surface area contributed by atoms with E-state index in [0.29, 0.717) is 5.92 Å². The molecule has 7 heteroatoms. The lowest BCUT2D eigenvalue weighted by molar-refractivity contribution is 0.0372. The van der Waals surface area contributed by atoms with Crippen molar-refractivity contribution in [2.24, 2.45) is 10.9 Å². The van der Waals surface area contributed by atoms with Gasteiger partial charge in [0.2, 0.25) is 0 Å². The zero-order chi connectivity index (χ0) is 16.8. The average molecular weight is 456 g/mol. The van der Waals surface area contributed by atoms with Crippen LogP contribution >= 0.6 is 24.0 Å². The second kappa shape index (κ2) is 16.4. The van der Waals surface area contributed by atoms with Crippen LogP contribution in [0.1, 0.15) is 33.1 Å². The summed E-state index contributed by atoms with van der Waals surface area (Å²) in [7, 11) is 1.81. The topological polar surface area (TPSA) is 58.1 Å². The maximum Gasteiger partial charge on any atom is 0.191 e. The van der Waals surface area contributed by atoms with Gasteiger partial charge in [-0.25, -0.2) is 0 Å². The Morgan fingerprint density at radius 1 is 1.12 bits per heavy atom. The van der Waals surface area contributed by atoms with E-state index in [2.05, 4.69) is 34.4 Å². The number of ether oxygens (including phenoxy) is 2. The van der Waals surface area contributed by atoms with Crippen molar-refractivity contribution in [3.05, 3.63) is 0 Å². The zero-order valence-electron chi connectivity index (χ0n) is 15.7. The maximum atomic E-state index is 5.59. The summed E-state index contributed by atoms with van der Waals surface area (Å²) in [6.07, 6.45) is 3.49. The number of hydrogen-bond donors (Lipinski definition) is 2. The largest absolute Gasteiger partial charge is 0.380 e. The van der Waals surface area contributed by atoms with E-state index in [4.69, 9.17) is 9.47 Å². The van der Waals surface area contributed by atoms with Gasteiger partial charge in [-0.3, -0.25) is 9.89 Å². The van der Waals surface area contributed by atoms with Crippen molar-refractivity contribution in [3.8, 4) is 0 Å². The summed E-state index contributed by atoms with van der Waals surface area (Å²) in [5.74, 6) is 1.57. The van der Waals surface area contributed by atoms with E-state index in [0.717, 1.165) is 71.4 Å². The van der Waals surface area contributed by atoms with Crippen molar-refractivity contribution in [1.82, 2.24) is 15.5 Å². The van der Waals surface area contributed by atoms with E-state index < -0.39 is 0 Å². The van der Waals surface area contributed by atoms with Gasteiger partial charge in [-0.15, -0.1) is 24.0 Å². The van der Waals surface area contributed by atoms with Gasteiger partial charge in [0.25, 0.3) is 0 Å². The van der Waals surface area contributed by atoms with Crippen LogP contribution in [-0.4, -0.2) is 77.1 Å². The first kappa shape index (κ1) is 23.9. The summed E-state index contributed by atoms with van der Waals surface area (Å²) >= 11 is 0. The minimum atomic E-state index is 0. The maximum absolute atomic E-state index is 5.59. The van der Waals surface area contributed by atoms with Crippen molar-refractivity contribution >= 4 is 29.9 Å². The van der Waals surface area contributed by atoms with Crippen molar-refractivity contribution in [3.63, 3.8) is 0 Å². The number of nitrogens with zero attached hydrogens (tertiary/aromatic N) is 2. The quantitative estimate of drug-likeness (QED) is 0.216. The molecule has 0 saturated carbocycles. The Morgan fingerprint density at radius 3 is 2.50 bits per heavy atom. The highest BCUT2D eigenvalue weighted by atomic mass is 127. The second-order valence-corrected chi connectivity index (χ2v) is 6.38. The van der Waals surface area contributed by atoms with Gasteiger partial charge in [-0.1, -0.05) is 13.8 Å². The molecule has 0 bridgehead atoms. The van der Waals surface area contributed by atoms with E-state index in [1.54, 1.807) is 0 Å². The van der Waals surface area contributed by atoms with Crippen LogP contribution in [0.15, 0.2) is 4.99 Å². The first-order chi connectivity index (χ1) is 11.2. The molecule has 6 nitrogen and oxygen atoms in total. The molecule has 144 valence electrons. The minimum absolute atomic E-state index is 0. The predicted octanol–water partition coefficient (Wildman–Crippen LogP) is 1.94. The molecule has 1 fully saturated rings. The third-order valence-corrected chi connectivity index (χ3v) is 3.90. The highest BCUT2D eigenvalue weighted by Crippen LogP contribution is 1.99. The molecule has 0 spiro atoms. The van der Waals surface area contributed by atoms with Crippen LogP contribution in [0.2, 0.25) is 0 Å². The molecule has 0 aromatic rings. The van der Waals surface area contributed by atoms with Gasteiger partial charge in [0.1, 0.15) is 0 Å². The molecule has 0 amide bonds. The third kappa shape index (κ3) is 13.2. The predicted molar refractivity (Wildman–Crippen MR) is 112 cm³/mol. The van der Waals surface area contributed by atoms with E-state index in [1.165, 1.54) is 13.0 Å². The number of aliphatic imine (C=N–C) groups is 1. The molecule has 24 heavy (non-hydrogen) atoms. The summed E-state index contributed by atoms with van der Waals surface area (Å²) in [5.41, 5.74) is 0. The minimum Gasteiger partial charge on any atom is -0.380 e. The van der Waals surface area contributed by atoms with Gasteiger partial charge < -0.3 is 20.1 Å². The second-order valence-electron chi connectivity index (χ2n) is 6.38. The summed E-state index contributed by atoms with van der Waals surface area (Å²) in [4.78, 5) is 6.71. The SMILES string of the molecule is CN=C(NCCCCN1CCOCC1)NCCOCCC(C)C.I. The van der Waals surface area contributed by atoms with Crippen LogP contribution in [0.4, 0.5) is 0 Å². The van der Waals surface area contributed by atoms with Crippen molar-refractivity contribution < 1.29 is 9.47 Å². The van der Waals surface area contributed by atoms with E-state index in [9.17, 15) is 0 Å². The van der Waals surface area contributed by atoms with Crippen LogP contribution in [0.3, 0.4) is 0 Å². The Bertz CT molecular complexity index is 311. The fourth-order valence-corrected chi connectivity index (χ4v) is 2.38. The first-order valence-corrected chi connectivity index (χ1v) is 9.04. The molecular weight excluding hydrogens is 419 g/mol. The third-order valence-electron chi connectivity index (χ3n) is 3.90. The molecule has 0 atom stereocenters. The number of guanidine groups is 1. The van der Waals surface area contributed by atoms with Crippen LogP contribution < -0.4 is 10.6 Å². The lowest BCUT2D eigenvalue weighted by Gasteiger charge is -2.26. The lowest BCUT2D eigenvalue weighted by atomic mass is 10.1. The molecule has 0 radical (unpaired) electrons. The number of unbranched alkanes of at least 4 members (excludes halogenated alkanes) is 1. The molecule has 0 unspecified atom stereocenters. The number of nitrogens with one attached hydrogen (secondary N) is 2. The van der Waals surface area contributed by atoms with Crippen molar-refractivity contribution in [2.45, 2.75) is 33.1 Å². The Kier molecular flexibility index (Phi) is 16.3. The fourth-order valence-electron chi connectivity index (χ4n) is 2.38. The number of halogens is 1. The molecule has 0 aliphatic carbocycles. The number of morpholine rings is 1. The molecule has 1 aliphatic rings. The summed E-state index contributed by atoms with van der Waals surface area (Å²) in [6, 6.07) is 0. The first-order valence-electron chi connectivity index (χ1n) is 9.04. The summed E-state index contributed by atoms with van der Waals surface area (Å²) in [5, 5.41) is 6.64. The summed E-state index contributed by atoms with van der Waals surface area (Å²) < 4.78 is 10.9. The molecule has 1 saturated heterocycles. The van der Waals surface area contributed by atoms with E-state index >= 15 is 0 Å². The monoisotopic (exact) mass is 456 g/mol. The van der Waals surface area contributed by atoms with Gasteiger partial charge >= 0.3 is 0 Å². The zero-order valence-corrected chi connectivity index (χ0v) is 18.0. The summed E-state index contributed by atoms with van der Waals surface area (Å²) in [6.45, 7) is 12.8. The van der Waals surface area contributed by atoms with Gasteiger partial charge in [0, 0.05) is 39.8 Å². The standard InChI is InChI=1S/C17H36N4O2.HI/c1-16(2)6-12-22-13-8-20-17(18-3)19-7-4-5-9-21-10-14-23-15-11-21;/h16H,4-15H2,1-3H3,(H2,18,19,20);1H. The van der Waals surface area contributed by atoms with E-state index in [1.807, 2.05) is 7.05 Å². The highest BCUT2D eigenvalue weighted by Gasteiger charge is 2.08. The Hall–Kier alpha value is -0.120. The van der Waals surface area contributed by atoms with Crippen LogP contribution in [-0.2, 0) is 9.47 Å². The fraction of sp³-hybridized carbons (Fsp3) is 0.941. The smallest absolute Gasteiger partial charge is 0.191 e. The van der Waals surface area contributed by atoms with E-state index in [-0.39, 0.29) is 24.0 Å². The molecular formula is C17H37IN4O2. The van der Waals surface area contributed by atoms with Gasteiger partial charge in [0.15, 0.2) is 5.96 Å². The molecule has 0 aromatic heterocycles. The normalized spacial score (nSPS) is 16.1. The van der Waals surface area contributed by atoms with Crippen molar-refractivity contribution in [2.75, 3.05) is 66.2 Å². The Morgan fingerprint density at radius 2 is 1.83 bits per heavy atom. The van der Waals surface area contributed by atoms with Gasteiger partial charge in [0.05, 0.1) is 19.8 Å². The van der Waals surface area contributed by atoms with Crippen LogP contribution in [0, 0.1) is 5.92 Å². The average Bonchev–Trinajstić information content (AvgIpc) is 2.56. The Balaban J connectivity index is 0.00000529. The van der Waals surface area contributed by atoms with Gasteiger partial charge in [-0.2, -0.15) is 0 Å². The van der Waals surface area contributed by atoms with Gasteiger partial charge in [-0.05, 0) is 31.7 Å². The van der Waals surface area contributed by atoms with Crippen molar-refractivity contribution in [1.29, 1.82) is 0 Å². The Labute approximate surface area is 165 Å². The van der Waals surface area contributed by atoms with Crippen LogP contribution in [0.5, 0.6) is 0 Å². The molecule has 1 heterocycles.